The van der Waals surface area contributed by atoms with Crippen molar-refractivity contribution in [2.24, 2.45) is 28.8 Å². The highest BCUT2D eigenvalue weighted by Gasteiger charge is 2.54. The number of amides is 1. The summed E-state index contributed by atoms with van der Waals surface area (Å²) in [5.74, 6) is -5.92. The standard InChI is InChI=1S/C57H87N5O19/c1-14-41-57(10,71)48(65)32(4)43(60-75-20-17-58)30(2)25-55(8,70)49(80-53-46(64)40(61(11)12)22-31(3)76-53)33(5)47(34(6)52(68)78-41)79-42-26-56(9,72-13)50(35(7)77-42)81-54(69)59-18-21-73-19-15-16-36-23-37-28-74-29-62-27-39(51(66)67)45(63)38(24-36)44(37)62/h23-24,27,30-35,40-42,46-50,53,64-65,70-71H,14-16,18-22,25-26,28-29H2,1-13H3,(H,59,69)(H,66,67)/t30-,31-,32+,33+,34-,35+,40+,41-,42+,46-,47+,48-,49-,50+,53?,55-,56-,57-/m1/s1. The summed E-state index contributed by atoms with van der Waals surface area (Å²) < 4.78 is 57.6. The maximum Gasteiger partial charge on any atom is 0.407 e. The van der Waals surface area contributed by atoms with Crippen LogP contribution in [0.1, 0.15) is 123 Å². The number of rotatable bonds is 18. The molecule has 4 aliphatic rings. The zero-order chi connectivity index (χ0) is 59.9. The van der Waals surface area contributed by atoms with Crippen LogP contribution in [0.4, 0.5) is 4.79 Å². The minimum Gasteiger partial charge on any atom is -0.477 e. The number of pyridine rings is 1. The van der Waals surface area contributed by atoms with Crippen molar-refractivity contribution in [3.63, 3.8) is 0 Å². The summed E-state index contributed by atoms with van der Waals surface area (Å²) >= 11 is 0. The number of nitrogens with zero attached hydrogens (tertiary/aromatic N) is 4. The van der Waals surface area contributed by atoms with Crippen molar-refractivity contribution in [1.29, 1.82) is 5.26 Å². The quantitative estimate of drug-likeness (QED) is 0.0698. The van der Waals surface area contributed by atoms with Crippen LogP contribution >= 0.6 is 0 Å². The first-order chi connectivity index (χ1) is 38.1. The third-order valence-electron chi connectivity index (χ3n) is 16.6. The van der Waals surface area contributed by atoms with Gasteiger partial charge >= 0.3 is 18.0 Å². The fourth-order valence-electron chi connectivity index (χ4n) is 12.3. The van der Waals surface area contributed by atoms with Gasteiger partial charge in [-0.3, -0.25) is 9.59 Å². The predicted octanol–water partition coefficient (Wildman–Crippen LogP) is 4.00. The maximum atomic E-state index is 14.6. The number of hydrogen-bond acceptors (Lipinski definition) is 21. The number of aliphatic hydroxyl groups excluding tert-OH is 2. The summed E-state index contributed by atoms with van der Waals surface area (Å²) in [5, 5.41) is 74.9. The number of oxime groups is 1. The van der Waals surface area contributed by atoms with E-state index >= 15 is 0 Å². The largest absolute Gasteiger partial charge is 0.477 e. The van der Waals surface area contributed by atoms with E-state index in [0.29, 0.717) is 43.4 Å². The van der Waals surface area contributed by atoms with Crippen molar-refractivity contribution in [3.05, 3.63) is 45.2 Å². The third-order valence-corrected chi connectivity index (χ3v) is 16.6. The van der Waals surface area contributed by atoms with Gasteiger partial charge in [0.2, 0.25) is 12.0 Å². The number of cyclic esters (lactones) is 1. The molecule has 0 spiro atoms. The summed E-state index contributed by atoms with van der Waals surface area (Å²) in [4.78, 5) is 60.1. The molecule has 6 N–H and O–H groups in total. The first-order valence-corrected chi connectivity index (χ1v) is 28.0. The summed E-state index contributed by atoms with van der Waals surface area (Å²) in [6.07, 6.45) is -9.11. The number of carboxylic acid groups (broad SMARTS) is 1. The molecule has 0 radical (unpaired) electrons. The predicted molar refractivity (Wildman–Crippen MR) is 292 cm³/mol. The SMILES string of the molecule is CC[C@H]1OC(=O)[C@H](C)[C@@H](O[C@H]2C[C@@](C)(OC)[C@@H](OC(=O)NCCOCCCc3cc4c5c(c3)c(=O)c(C(=O)O)cn5COC4)[C@H](C)O2)[C@H](C)[C@@H](OC2O[C@H](C)C[C@H](N(C)C)[C@H]2O)[C@](C)(O)C[C@@H](C)C(=NOCC#N)[C@H](C)[C@@H](O)[C@]1(C)O. The molecule has 3 saturated heterocycles. The van der Waals surface area contributed by atoms with Crippen LogP contribution in [0.3, 0.4) is 0 Å². The molecule has 5 heterocycles. The van der Waals surface area contributed by atoms with Crippen molar-refractivity contribution in [1.82, 2.24) is 14.8 Å². The molecule has 3 fully saturated rings. The Hall–Kier alpha value is -4.88. The average molecular weight is 1150 g/mol. The van der Waals surface area contributed by atoms with Gasteiger partial charge in [-0.15, -0.1) is 0 Å². The molecule has 0 saturated carbocycles. The molecule has 2 aromatic rings. The molecule has 0 aliphatic carbocycles. The van der Waals surface area contributed by atoms with Gasteiger partial charge in [-0.2, -0.15) is 5.26 Å². The molecule has 0 bridgehead atoms. The van der Waals surface area contributed by atoms with Crippen molar-refractivity contribution in [2.75, 3.05) is 47.6 Å². The lowest BCUT2D eigenvalue weighted by Crippen LogP contribution is -2.61. The second-order valence-electron chi connectivity index (χ2n) is 23.3. The summed E-state index contributed by atoms with van der Waals surface area (Å²) in [6, 6.07) is 5.14. The van der Waals surface area contributed by atoms with Gasteiger partial charge in [-0.05, 0) is 99.4 Å². The normalized spacial score (nSPS) is 36.6. The first-order valence-electron chi connectivity index (χ1n) is 28.0. The number of hydrogen-bond donors (Lipinski definition) is 6. The third kappa shape index (κ3) is 15.1. The number of aliphatic hydroxyl groups is 4. The molecule has 81 heavy (non-hydrogen) atoms. The van der Waals surface area contributed by atoms with Gasteiger partial charge in [0, 0.05) is 67.6 Å². The summed E-state index contributed by atoms with van der Waals surface area (Å²) in [6.45, 7) is 17.1. The van der Waals surface area contributed by atoms with E-state index in [1.165, 1.54) is 27.2 Å². The molecule has 1 aromatic heterocycles. The van der Waals surface area contributed by atoms with Crippen LogP contribution in [0.2, 0.25) is 0 Å². The Labute approximate surface area is 473 Å². The Kier molecular flexibility index (Phi) is 22.3. The Morgan fingerprint density at radius 2 is 1.70 bits per heavy atom. The number of methoxy groups -OCH3 is 1. The van der Waals surface area contributed by atoms with E-state index in [2.05, 4.69) is 10.5 Å². The van der Waals surface area contributed by atoms with Crippen LogP contribution in [0.15, 0.2) is 28.3 Å². The molecule has 24 heteroatoms. The number of ether oxygens (including phenoxy) is 9. The van der Waals surface area contributed by atoms with Gasteiger partial charge in [0.1, 0.15) is 41.8 Å². The number of carboxylic acids is 1. The Balaban J connectivity index is 1.18. The lowest BCUT2D eigenvalue weighted by atomic mass is 9.73. The number of benzene rings is 1. The van der Waals surface area contributed by atoms with Crippen LogP contribution in [-0.4, -0.2) is 191 Å². The van der Waals surface area contributed by atoms with Crippen LogP contribution in [0, 0.1) is 35.0 Å². The number of alkyl carbamates (subject to hydrolysis) is 1. The van der Waals surface area contributed by atoms with Gasteiger partial charge in [0.15, 0.2) is 18.7 Å². The second kappa shape index (κ2) is 27.7. The summed E-state index contributed by atoms with van der Waals surface area (Å²) in [7, 11) is 5.12. The van der Waals surface area contributed by atoms with Gasteiger partial charge in [-0.1, -0.05) is 38.9 Å². The highest BCUT2D eigenvalue weighted by Crippen LogP contribution is 2.42. The molecule has 18 atom stereocenters. The molecule has 454 valence electrons. The van der Waals surface area contributed by atoms with Gasteiger partial charge in [0.05, 0.1) is 66.5 Å². The molecule has 6 rings (SSSR count). The van der Waals surface area contributed by atoms with Crippen molar-refractivity contribution in [2.45, 2.75) is 205 Å². The van der Waals surface area contributed by atoms with E-state index in [1.54, 1.807) is 59.1 Å². The molecular formula is C57H87N5O19. The maximum absolute atomic E-state index is 14.6. The fraction of sp³-hybridized carbons (Fsp3) is 0.754. The molecular weight excluding hydrogens is 1060 g/mol. The van der Waals surface area contributed by atoms with Crippen LogP contribution in [-0.2, 0) is 72.0 Å². The molecule has 1 aromatic carbocycles. The molecule has 1 unspecified atom stereocenters. The van der Waals surface area contributed by atoms with Crippen LogP contribution in [0.5, 0.6) is 0 Å². The van der Waals surface area contributed by atoms with E-state index in [-0.39, 0.29) is 56.5 Å². The lowest BCUT2D eigenvalue weighted by Gasteiger charge is -2.49. The van der Waals surface area contributed by atoms with Gasteiger partial charge < -0.3 is 87.8 Å². The number of aryl methyl sites for hydroxylation is 1. The first kappa shape index (κ1) is 65.3. The number of carbonyl (C=O) groups excluding carboxylic acids is 2. The zero-order valence-corrected chi connectivity index (χ0v) is 49.1. The van der Waals surface area contributed by atoms with E-state index in [1.807, 2.05) is 38.1 Å². The average Bonchev–Trinajstić information content (AvgIpc) is 3.44. The number of likely N-dealkylation sites (N-methyl/N-ethyl adjacent to an activating group) is 1. The van der Waals surface area contributed by atoms with Crippen molar-refractivity contribution < 1.29 is 87.4 Å². The Bertz CT molecular complexity index is 2620. The van der Waals surface area contributed by atoms with Crippen LogP contribution < -0.4 is 10.7 Å². The number of nitrogens with one attached hydrogen (secondary N) is 1. The molecule has 4 aliphatic heterocycles. The fourth-order valence-corrected chi connectivity index (χ4v) is 12.3. The van der Waals surface area contributed by atoms with E-state index in [4.69, 9.17) is 47.5 Å². The van der Waals surface area contributed by atoms with E-state index in [0.717, 1.165) is 11.1 Å². The highest BCUT2D eigenvalue weighted by atomic mass is 16.7. The molecule has 1 amide bonds. The van der Waals surface area contributed by atoms with Crippen molar-refractivity contribution >= 4 is 34.6 Å². The van der Waals surface area contributed by atoms with Crippen molar-refractivity contribution in [3.8, 4) is 6.07 Å². The number of aromatic carboxylic acids is 1. The number of aromatic nitrogens is 1. The monoisotopic (exact) mass is 1150 g/mol. The minimum atomic E-state index is -2.05. The lowest BCUT2D eigenvalue weighted by molar-refractivity contribution is -0.317. The van der Waals surface area contributed by atoms with E-state index in [9.17, 15) is 50.0 Å². The highest BCUT2D eigenvalue weighted by molar-refractivity contribution is 5.94. The summed E-state index contributed by atoms with van der Waals surface area (Å²) in [5.41, 5.74) is -3.55. The zero-order valence-electron chi connectivity index (χ0n) is 49.1. The van der Waals surface area contributed by atoms with Gasteiger partial charge in [-0.25, -0.2) is 9.59 Å². The Morgan fingerprint density at radius 3 is 2.36 bits per heavy atom. The molecule has 24 nitrogen and oxygen atoms in total. The van der Waals surface area contributed by atoms with Crippen LogP contribution in [0.25, 0.3) is 10.9 Å². The number of esters is 1. The van der Waals surface area contributed by atoms with Gasteiger partial charge in [0.25, 0.3) is 0 Å². The topological polar surface area (TPSA) is 318 Å². The van der Waals surface area contributed by atoms with E-state index < -0.39 is 132 Å². The minimum absolute atomic E-state index is 0.0349. The number of nitriles is 1. The number of carbonyl (C=O) groups is 3. The second-order valence-corrected chi connectivity index (χ2v) is 23.3. The Morgan fingerprint density at radius 1 is 0.988 bits per heavy atom. The smallest absolute Gasteiger partial charge is 0.407 e.